The molecule has 0 aliphatic heterocycles. The molecule has 196 valence electrons. The van der Waals surface area contributed by atoms with E-state index in [4.69, 9.17) is 0 Å². The van der Waals surface area contributed by atoms with Crippen molar-refractivity contribution in [3.63, 3.8) is 0 Å². The van der Waals surface area contributed by atoms with E-state index < -0.39 is 10.0 Å². The van der Waals surface area contributed by atoms with Gasteiger partial charge >= 0.3 is 0 Å². The first-order chi connectivity index (χ1) is 18.1. The molecule has 1 heterocycles. The Morgan fingerprint density at radius 2 is 1.47 bits per heavy atom. The molecule has 0 unspecified atom stereocenters. The standard InChI is InChI=1S/C31H33N3O3S/c1-22(2)29-7-5-6-23(3)30(29)34(38(4,36)37)21-26-8-12-27(13-9-26)31(35)33-28-14-10-24(11-15-28)20-25-16-18-32-19-17-25/h5-19,22H,20-21H2,1-4H3,(H,33,35). The summed E-state index contributed by atoms with van der Waals surface area (Å²) in [6.45, 7) is 6.23. The molecule has 0 aliphatic rings. The Labute approximate surface area is 225 Å². The highest BCUT2D eigenvalue weighted by molar-refractivity contribution is 7.92. The van der Waals surface area contributed by atoms with Gasteiger partial charge in [-0.2, -0.15) is 0 Å². The average molecular weight is 528 g/mol. The molecule has 7 heteroatoms. The second-order valence-corrected chi connectivity index (χ2v) is 11.7. The number of aryl methyl sites for hydroxylation is 1. The number of aromatic nitrogens is 1. The molecule has 4 aromatic rings. The van der Waals surface area contributed by atoms with Crippen LogP contribution < -0.4 is 9.62 Å². The van der Waals surface area contributed by atoms with Crippen LogP contribution in [-0.2, 0) is 23.0 Å². The summed E-state index contributed by atoms with van der Waals surface area (Å²) in [6, 6.07) is 24.7. The number of carbonyl (C=O) groups excluding carboxylic acids is 1. The quantitative estimate of drug-likeness (QED) is 0.276. The highest BCUT2D eigenvalue weighted by Crippen LogP contribution is 2.33. The van der Waals surface area contributed by atoms with Gasteiger partial charge in [0, 0.05) is 23.6 Å². The molecule has 0 bridgehead atoms. The number of hydrogen-bond donors (Lipinski definition) is 1. The predicted molar refractivity (Wildman–Crippen MR) is 154 cm³/mol. The Balaban J connectivity index is 1.46. The fourth-order valence-electron chi connectivity index (χ4n) is 4.42. The topological polar surface area (TPSA) is 79.4 Å². The van der Waals surface area contributed by atoms with E-state index in [0.29, 0.717) is 11.3 Å². The summed E-state index contributed by atoms with van der Waals surface area (Å²) in [7, 11) is -3.53. The van der Waals surface area contributed by atoms with Gasteiger partial charge in [0.1, 0.15) is 0 Å². The minimum absolute atomic E-state index is 0.171. The number of amides is 1. The lowest BCUT2D eigenvalue weighted by molar-refractivity contribution is 0.102. The molecule has 0 fully saturated rings. The number of hydrogen-bond acceptors (Lipinski definition) is 4. The fourth-order valence-corrected chi connectivity index (χ4v) is 5.39. The van der Waals surface area contributed by atoms with Gasteiger partial charge < -0.3 is 5.32 Å². The Morgan fingerprint density at radius 3 is 2.08 bits per heavy atom. The summed E-state index contributed by atoms with van der Waals surface area (Å²) < 4.78 is 27.1. The summed E-state index contributed by atoms with van der Waals surface area (Å²) >= 11 is 0. The van der Waals surface area contributed by atoms with E-state index in [0.717, 1.165) is 34.4 Å². The van der Waals surface area contributed by atoms with Gasteiger partial charge in [-0.25, -0.2) is 8.42 Å². The maximum Gasteiger partial charge on any atom is 0.255 e. The maximum atomic E-state index is 12.8. The number of rotatable bonds is 9. The summed E-state index contributed by atoms with van der Waals surface area (Å²) in [4.78, 5) is 16.9. The van der Waals surface area contributed by atoms with Crippen molar-refractivity contribution in [3.05, 3.63) is 125 Å². The van der Waals surface area contributed by atoms with E-state index in [-0.39, 0.29) is 18.4 Å². The zero-order valence-electron chi connectivity index (χ0n) is 22.2. The number of nitrogens with one attached hydrogen (secondary N) is 1. The highest BCUT2D eigenvalue weighted by atomic mass is 32.2. The molecule has 4 rings (SSSR count). The van der Waals surface area contributed by atoms with Crippen molar-refractivity contribution in [1.82, 2.24) is 4.98 Å². The number of anilines is 2. The second kappa shape index (κ2) is 11.6. The number of sulfonamides is 1. The summed E-state index contributed by atoms with van der Waals surface area (Å²) in [6.07, 6.45) is 5.58. The Bertz CT molecular complexity index is 1500. The van der Waals surface area contributed by atoms with Crippen LogP contribution >= 0.6 is 0 Å². The van der Waals surface area contributed by atoms with Crippen molar-refractivity contribution in [2.24, 2.45) is 0 Å². The van der Waals surface area contributed by atoms with Crippen LogP contribution in [0.5, 0.6) is 0 Å². The van der Waals surface area contributed by atoms with Crippen LogP contribution in [0.25, 0.3) is 0 Å². The monoisotopic (exact) mass is 527 g/mol. The van der Waals surface area contributed by atoms with Crippen molar-refractivity contribution < 1.29 is 13.2 Å². The second-order valence-electron chi connectivity index (χ2n) is 9.82. The number of carbonyl (C=O) groups is 1. The zero-order chi connectivity index (χ0) is 27.3. The molecule has 1 N–H and O–H groups in total. The van der Waals surface area contributed by atoms with Crippen LogP contribution in [0.4, 0.5) is 11.4 Å². The smallest absolute Gasteiger partial charge is 0.255 e. The summed E-state index contributed by atoms with van der Waals surface area (Å²) in [5.74, 6) is -0.0515. The highest BCUT2D eigenvalue weighted by Gasteiger charge is 2.23. The van der Waals surface area contributed by atoms with Crippen molar-refractivity contribution >= 4 is 27.3 Å². The normalized spacial score (nSPS) is 11.4. The maximum absolute atomic E-state index is 12.8. The molecule has 0 saturated carbocycles. The molecule has 6 nitrogen and oxygen atoms in total. The van der Waals surface area contributed by atoms with Gasteiger partial charge in [-0.15, -0.1) is 0 Å². The number of nitrogens with zero attached hydrogens (tertiary/aromatic N) is 2. The third-order valence-corrected chi connectivity index (χ3v) is 7.56. The lowest BCUT2D eigenvalue weighted by Crippen LogP contribution is -2.31. The Hall–Kier alpha value is -3.97. The molecule has 1 amide bonds. The van der Waals surface area contributed by atoms with E-state index in [1.165, 1.54) is 16.1 Å². The van der Waals surface area contributed by atoms with Crippen LogP contribution in [-0.4, -0.2) is 25.6 Å². The number of benzene rings is 3. The van der Waals surface area contributed by atoms with Gasteiger partial charge in [0.15, 0.2) is 0 Å². The summed E-state index contributed by atoms with van der Waals surface area (Å²) in [5, 5.41) is 2.93. The van der Waals surface area contributed by atoms with Crippen molar-refractivity contribution in [2.45, 2.75) is 39.7 Å². The minimum Gasteiger partial charge on any atom is -0.322 e. The molecule has 0 aliphatic carbocycles. The van der Waals surface area contributed by atoms with Crippen LogP contribution in [0, 0.1) is 6.92 Å². The van der Waals surface area contributed by atoms with Crippen LogP contribution in [0.15, 0.2) is 91.3 Å². The molecular formula is C31H33N3O3S. The number of para-hydroxylation sites is 1. The van der Waals surface area contributed by atoms with E-state index in [9.17, 15) is 13.2 Å². The van der Waals surface area contributed by atoms with Crippen molar-refractivity contribution in [1.29, 1.82) is 0 Å². The van der Waals surface area contributed by atoms with Crippen LogP contribution in [0.2, 0.25) is 0 Å². The molecule has 0 atom stereocenters. The first-order valence-corrected chi connectivity index (χ1v) is 14.4. The van der Waals surface area contributed by atoms with Gasteiger partial charge in [0.2, 0.25) is 10.0 Å². The van der Waals surface area contributed by atoms with Gasteiger partial charge in [-0.3, -0.25) is 14.1 Å². The third kappa shape index (κ3) is 6.66. The first kappa shape index (κ1) is 27.1. The Morgan fingerprint density at radius 1 is 0.868 bits per heavy atom. The largest absolute Gasteiger partial charge is 0.322 e. The van der Waals surface area contributed by atoms with Gasteiger partial charge in [-0.1, -0.05) is 56.3 Å². The third-order valence-electron chi connectivity index (χ3n) is 6.45. The van der Waals surface area contributed by atoms with E-state index in [1.54, 1.807) is 36.7 Å². The first-order valence-electron chi connectivity index (χ1n) is 12.6. The molecular weight excluding hydrogens is 494 g/mol. The van der Waals surface area contributed by atoms with Crippen molar-refractivity contribution in [2.75, 3.05) is 15.9 Å². The lowest BCUT2D eigenvalue weighted by atomic mass is 9.98. The predicted octanol–water partition coefficient (Wildman–Crippen LogP) is 6.32. The van der Waals surface area contributed by atoms with Gasteiger partial charge in [0.25, 0.3) is 5.91 Å². The molecule has 0 saturated heterocycles. The molecule has 1 aromatic heterocycles. The molecule has 38 heavy (non-hydrogen) atoms. The van der Waals surface area contributed by atoms with Gasteiger partial charge in [-0.05, 0) is 83.5 Å². The van der Waals surface area contributed by atoms with E-state index >= 15 is 0 Å². The lowest BCUT2D eigenvalue weighted by Gasteiger charge is -2.28. The SMILES string of the molecule is Cc1cccc(C(C)C)c1N(Cc1ccc(C(=O)Nc2ccc(Cc3ccncc3)cc2)cc1)S(C)(=O)=O. The molecule has 3 aromatic carbocycles. The van der Waals surface area contributed by atoms with E-state index in [1.807, 2.05) is 61.5 Å². The molecule has 0 radical (unpaired) electrons. The zero-order valence-corrected chi connectivity index (χ0v) is 23.0. The van der Waals surface area contributed by atoms with Gasteiger partial charge in [0.05, 0.1) is 18.5 Å². The van der Waals surface area contributed by atoms with Crippen molar-refractivity contribution in [3.8, 4) is 0 Å². The summed E-state index contributed by atoms with van der Waals surface area (Å²) in [5.41, 5.74) is 6.94. The molecule has 0 spiro atoms. The minimum atomic E-state index is -3.53. The fraction of sp³-hybridized carbons (Fsp3) is 0.226. The average Bonchev–Trinajstić information content (AvgIpc) is 2.89. The van der Waals surface area contributed by atoms with Crippen LogP contribution in [0.3, 0.4) is 0 Å². The Kier molecular flexibility index (Phi) is 8.27. The number of pyridine rings is 1. The van der Waals surface area contributed by atoms with E-state index in [2.05, 4.69) is 24.1 Å². The van der Waals surface area contributed by atoms with Crippen LogP contribution in [0.1, 0.15) is 57.9 Å².